The van der Waals surface area contributed by atoms with E-state index in [0.29, 0.717) is 17.9 Å². The minimum absolute atomic E-state index is 0.157. The lowest BCUT2D eigenvalue weighted by Gasteiger charge is -2.13. The fourth-order valence-corrected chi connectivity index (χ4v) is 2.63. The highest BCUT2D eigenvalue weighted by molar-refractivity contribution is 6.32. The Bertz CT molecular complexity index is 790. The number of benzene rings is 1. The Morgan fingerprint density at radius 2 is 2.00 bits per heavy atom. The predicted octanol–water partition coefficient (Wildman–Crippen LogP) is 3.97. The van der Waals surface area contributed by atoms with Gasteiger partial charge in [-0.15, -0.1) is 0 Å². The van der Waals surface area contributed by atoms with Crippen LogP contribution in [0.1, 0.15) is 42.7 Å². The normalized spacial score (nSPS) is 11.9. The van der Waals surface area contributed by atoms with Gasteiger partial charge in [0.15, 0.2) is 6.10 Å². The molecule has 0 aliphatic heterocycles. The van der Waals surface area contributed by atoms with Crippen LogP contribution in [0.3, 0.4) is 0 Å². The maximum Gasteiger partial charge on any atom is 0.343 e. The van der Waals surface area contributed by atoms with Gasteiger partial charge >= 0.3 is 5.97 Å². The van der Waals surface area contributed by atoms with E-state index in [1.165, 1.54) is 31.2 Å². The average molecular weight is 382 g/mol. The number of amides is 1. The molecule has 0 radical (unpaired) electrons. The summed E-state index contributed by atoms with van der Waals surface area (Å²) in [6.45, 7) is 5.75. The zero-order valence-electron chi connectivity index (χ0n) is 14.9. The Morgan fingerprint density at radius 3 is 2.62 bits per heavy atom. The van der Waals surface area contributed by atoms with Crippen molar-refractivity contribution in [1.29, 1.82) is 0 Å². The smallest absolute Gasteiger partial charge is 0.343 e. The minimum atomic E-state index is -1.05. The third kappa shape index (κ3) is 4.82. The summed E-state index contributed by atoms with van der Waals surface area (Å²) in [5.74, 6) is -1.65. The van der Waals surface area contributed by atoms with Gasteiger partial charge in [-0.1, -0.05) is 24.9 Å². The van der Waals surface area contributed by atoms with Crippen LogP contribution < -0.4 is 5.32 Å². The minimum Gasteiger partial charge on any atom is -0.449 e. The molecule has 1 aromatic carbocycles. The second-order valence-corrected chi connectivity index (χ2v) is 6.23. The first kappa shape index (κ1) is 19.9. The van der Waals surface area contributed by atoms with Gasteiger partial charge in [-0.2, -0.15) is 5.10 Å². The fraction of sp³-hybridized carbons (Fsp3) is 0.389. The van der Waals surface area contributed by atoms with Crippen molar-refractivity contribution in [1.82, 2.24) is 9.78 Å². The summed E-state index contributed by atoms with van der Waals surface area (Å²) in [6.07, 6.45) is 0.795. The van der Waals surface area contributed by atoms with Crippen LogP contribution in [-0.2, 0) is 16.1 Å². The fourth-order valence-electron chi connectivity index (χ4n) is 2.29. The number of hydrogen-bond acceptors (Lipinski definition) is 4. The summed E-state index contributed by atoms with van der Waals surface area (Å²) in [5.41, 5.74) is 1.01. The van der Waals surface area contributed by atoms with Crippen molar-refractivity contribution in [2.45, 2.75) is 46.3 Å². The number of anilines is 1. The zero-order valence-corrected chi connectivity index (χ0v) is 15.6. The van der Waals surface area contributed by atoms with Gasteiger partial charge in [0.25, 0.3) is 5.91 Å². The van der Waals surface area contributed by atoms with Gasteiger partial charge in [0.2, 0.25) is 0 Å². The van der Waals surface area contributed by atoms with Gasteiger partial charge in [-0.3, -0.25) is 9.48 Å². The lowest BCUT2D eigenvalue weighted by molar-refractivity contribution is -0.123. The number of carbonyl (C=O) groups excluding carboxylic acids is 2. The first-order valence-corrected chi connectivity index (χ1v) is 8.71. The molecule has 2 aromatic rings. The summed E-state index contributed by atoms with van der Waals surface area (Å²) in [5, 5.41) is 7.00. The molecule has 0 spiro atoms. The van der Waals surface area contributed by atoms with Crippen molar-refractivity contribution < 1.29 is 18.7 Å². The van der Waals surface area contributed by atoms with Crippen molar-refractivity contribution in [3.05, 3.63) is 46.5 Å². The third-order valence-corrected chi connectivity index (χ3v) is 4.14. The first-order chi connectivity index (χ1) is 12.3. The quantitative estimate of drug-likeness (QED) is 0.736. The Balaban J connectivity index is 2.03. The number of esters is 1. The van der Waals surface area contributed by atoms with Crippen molar-refractivity contribution >= 4 is 29.2 Å². The van der Waals surface area contributed by atoms with Gasteiger partial charge in [0.05, 0.1) is 5.69 Å². The molecule has 0 fully saturated rings. The van der Waals surface area contributed by atoms with E-state index in [2.05, 4.69) is 10.4 Å². The molecule has 0 unspecified atom stereocenters. The van der Waals surface area contributed by atoms with E-state index >= 15 is 0 Å². The number of carbonyl (C=O) groups is 2. The number of rotatable bonds is 7. The molecule has 0 bridgehead atoms. The largest absolute Gasteiger partial charge is 0.449 e. The topological polar surface area (TPSA) is 73.2 Å². The summed E-state index contributed by atoms with van der Waals surface area (Å²) >= 11 is 6.23. The van der Waals surface area contributed by atoms with E-state index in [9.17, 15) is 14.0 Å². The van der Waals surface area contributed by atoms with Gasteiger partial charge in [-0.25, -0.2) is 9.18 Å². The number of halogens is 2. The van der Waals surface area contributed by atoms with Crippen LogP contribution in [0.25, 0.3) is 0 Å². The summed E-state index contributed by atoms with van der Waals surface area (Å²) in [4.78, 5) is 24.5. The van der Waals surface area contributed by atoms with E-state index < -0.39 is 23.8 Å². The number of unbranched alkanes of at least 4 members (excludes halogenated alkanes) is 1. The Kier molecular flexibility index (Phi) is 6.74. The lowest BCUT2D eigenvalue weighted by atomic mass is 10.2. The molecule has 26 heavy (non-hydrogen) atoms. The molecule has 1 heterocycles. The number of hydrogen-bond donors (Lipinski definition) is 1. The molecule has 8 heteroatoms. The number of nitrogens with one attached hydrogen (secondary N) is 1. The van der Waals surface area contributed by atoms with Gasteiger partial charge < -0.3 is 10.1 Å². The standard InChI is InChI=1S/C18H21ClFN3O3/c1-4-5-10-23-16(19)15(11(2)22-23)18(25)26-12(3)17(24)21-14-8-6-13(20)7-9-14/h6-9,12H,4-5,10H2,1-3H3,(H,21,24)/t12-/m0/s1. The summed E-state index contributed by atoms with van der Waals surface area (Å²) < 4.78 is 19.7. The molecule has 6 nitrogen and oxygen atoms in total. The number of aromatic nitrogens is 2. The predicted molar refractivity (Wildman–Crippen MR) is 96.8 cm³/mol. The van der Waals surface area contributed by atoms with E-state index in [0.717, 1.165) is 12.8 Å². The van der Waals surface area contributed by atoms with Gasteiger partial charge in [-0.05, 0) is 44.5 Å². The second kappa shape index (κ2) is 8.80. The van der Waals surface area contributed by atoms with Gasteiger partial charge in [0.1, 0.15) is 16.5 Å². The molecule has 140 valence electrons. The monoisotopic (exact) mass is 381 g/mol. The molecule has 1 N–H and O–H groups in total. The molecule has 1 amide bonds. The van der Waals surface area contributed by atoms with E-state index in [1.54, 1.807) is 11.6 Å². The van der Waals surface area contributed by atoms with Crippen LogP contribution in [0.4, 0.5) is 10.1 Å². The van der Waals surface area contributed by atoms with Crippen LogP contribution in [0.2, 0.25) is 5.15 Å². The zero-order chi connectivity index (χ0) is 19.3. The molecular formula is C18H21ClFN3O3. The SMILES string of the molecule is CCCCn1nc(C)c(C(=O)O[C@@H](C)C(=O)Nc2ccc(F)cc2)c1Cl. The molecule has 2 rings (SSSR count). The molecule has 1 atom stereocenters. The molecule has 0 saturated heterocycles. The highest BCUT2D eigenvalue weighted by atomic mass is 35.5. The molecule has 0 aliphatic carbocycles. The number of aryl methyl sites for hydroxylation is 2. The van der Waals surface area contributed by atoms with Crippen LogP contribution in [0.5, 0.6) is 0 Å². The molecule has 1 aromatic heterocycles. The molecule has 0 saturated carbocycles. The van der Waals surface area contributed by atoms with Crippen molar-refractivity contribution in [2.75, 3.05) is 5.32 Å². The van der Waals surface area contributed by atoms with Gasteiger partial charge in [0, 0.05) is 12.2 Å². The lowest BCUT2D eigenvalue weighted by Crippen LogP contribution is -2.30. The highest BCUT2D eigenvalue weighted by Gasteiger charge is 2.25. The van der Waals surface area contributed by atoms with Crippen molar-refractivity contribution in [2.24, 2.45) is 0 Å². The van der Waals surface area contributed by atoms with Crippen molar-refractivity contribution in [3.8, 4) is 0 Å². The van der Waals surface area contributed by atoms with Crippen molar-refractivity contribution in [3.63, 3.8) is 0 Å². The van der Waals surface area contributed by atoms with Crippen LogP contribution in [-0.4, -0.2) is 27.8 Å². The van der Waals surface area contributed by atoms with E-state index in [4.69, 9.17) is 16.3 Å². The Morgan fingerprint density at radius 1 is 1.35 bits per heavy atom. The maximum absolute atomic E-state index is 12.9. The summed E-state index contributed by atoms with van der Waals surface area (Å²) in [7, 11) is 0. The Labute approximate surface area is 156 Å². The van der Waals surface area contributed by atoms with E-state index in [-0.39, 0.29) is 10.7 Å². The maximum atomic E-state index is 12.9. The van der Waals surface area contributed by atoms with Crippen LogP contribution in [0.15, 0.2) is 24.3 Å². The van der Waals surface area contributed by atoms with Crippen LogP contribution >= 0.6 is 11.6 Å². The Hall–Kier alpha value is -2.41. The van der Waals surface area contributed by atoms with E-state index in [1.807, 2.05) is 6.92 Å². The molecule has 0 aliphatic rings. The number of nitrogens with zero attached hydrogens (tertiary/aromatic N) is 2. The highest BCUT2D eigenvalue weighted by Crippen LogP contribution is 2.22. The summed E-state index contributed by atoms with van der Waals surface area (Å²) in [6, 6.07) is 5.28. The van der Waals surface area contributed by atoms with Crippen LogP contribution in [0, 0.1) is 12.7 Å². The number of ether oxygens (including phenoxy) is 1. The average Bonchev–Trinajstić information content (AvgIpc) is 2.88. The first-order valence-electron chi connectivity index (χ1n) is 8.33. The second-order valence-electron chi connectivity index (χ2n) is 5.87. The molecular weight excluding hydrogens is 361 g/mol. The third-order valence-electron chi connectivity index (χ3n) is 3.76.